The molecule has 1 saturated carbocycles. The summed E-state index contributed by atoms with van der Waals surface area (Å²) < 4.78 is 0. The highest BCUT2D eigenvalue weighted by Crippen LogP contribution is 2.43. The topological polar surface area (TPSA) is 56.1 Å². The Hall–Kier alpha value is -1.24. The number of nitriles is 1. The fourth-order valence-electron chi connectivity index (χ4n) is 1.85. The molecule has 1 heterocycles. The lowest BCUT2D eigenvalue weighted by molar-refractivity contribution is -0.110. The standard InChI is InChI=1S/C7H9N3O/c8-3-10-2-6(9-4-11)5-1-7(5)10/h4-7H,1-2H2,(H,9,11). The molecule has 4 heteroatoms. The summed E-state index contributed by atoms with van der Waals surface area (Å²) in [5, 5.41) is 11.3. The molecule has 1 aliphatic carbocycles. The number of hydrogen-bond acceptors (Lipinski definition) is 3. The Bertz CT molecular complexity index is 222. The van der Waals surface area contributed by atoms with E-state index in [9.17, 15) is 4.79 Å². The molecule has 4 nitrogen and oxygen atoms in total. The van der Waals surface area contributed by atoms with Gasteiger partial charge in [0.2, 0.25) is 6.41 Å². The van der Waals surface area contributed by atoms with Crippen LogP contribution in [0.5, 0.6) is 0 Å². The first kappa shape index (κ1) is 6.47. The quantitative estimate of drug-likeness (QED) is 0.419. The summed E-state index contributed by atoms with van der Waals surface area (Å²) in [7, 11) is 0. The number of amides is 1. The van der Waals surface area contributed by atoms with Crippen LogP contribution in [0.3, 0.4) is 0 Å². The zero-order valence-electron chi connectivity index (χ0n) is 6.03. The molecule has 0 spiro atoms. The van der Waals surface area contributed by atoms with Crippen LogP contribution in [0, 0.1) is 17.4 Å². The summed E-state index contributed by atoms with van der Waals surface area (Å²) in [6.45, 7) is 0.699. The third-order valence-corrected chi connectivity index (χ3v) is 2.53. The van der Waals surface area contributed by atoms with Gasteiger partial charge in [-0.05, 0) is 6.42 Å². The van der Waals surface area contributed by atoms with Crippen LogP contribution >= 0.6 is 0 Å². The number of piperidine rings is 1. The van der Waals surface area contributed by atoms with Crippen molar-refractivity contribution in [2.24, 2.45) is 5.92 Å². The lowest BCUT2D eigenvalue weighted by Gasteiger charge is -2.12. The Morgan fingerprint density at radius 2 is 2.55 bits per heavy atom. The van der Waals surface area contributed by atoms with Crippen molar-refractivity contribution in [2.45, 2.75) is 18.5 Å². The average molecular weight is 151 g/mol. The summed E-state index contributed by atoms with van der Waals surface area (Å²) in [4.78, 5) is 11.9. The Labute approximate surface area is 64.8 Å². The van der Waals surface area contributed by atoms with Gasteiger partial charge in [-0.15, -0.1) is 0 Å². The van der Waals surface area contributed by atoms with Crippen LogP contribution in [0.2, 0.25) is 0 Å². The van der Waals surface area contributed by atoms with Crippen molar-refractivity contribution in [3.05, 3.63) is 0 Å². The van der Waals surface area contributed by atoms with Gasteiger partial charge in [0.1, 0.15) is 0 Å². The van der Waals surface area contributed by atoms with E-state index in [-0.39, 0.29) is 6.04 Å². The molecule has 11 heavy (non-hydrogen) atoms. The minimum absolute atomic E-state index is 0.220. The minimum atomic E-state index is 0.220. The zero-order chi connectivity index (χ0) is 7.84. The molecule has 2 fully saturated rings. The molecule has 3 atom stereocenters. The second-order valence-electron chi connectivity index (χ2n) is 3.11. The number of carbonyl (C=O) groups is 1. The number of hydrogen-bond donors (Lipinski definition) is 1. The first-order chi connectivity index (χ1) is 5.36. The van der Waals surface area contributed by atoms with Gasteiger partial charge < -0.3 is 10.2 Å². The predicted octanol–water partition coefficient (Wildman–Crippen LogP) is -0.714. The molecule has 0 aromatic heterocycles. The smallest absolute Gasteiger partial charge is 0.207 e. The van der Waals surface area contributed by atoms with Gasteiger partial charge >= 0.3 is 0 Å². The first-order valence-electron chi connectivity index (χ1n) is 3.73. The third kappa shape index (κ3) is 0.845. The second-order valence-corrected chi connectivity index (χ2v) is 3.11. The van der Waals surface area contributed by atoms with Crippen molar-refractivity contribution >= 4 is 6.41 Å². The highest BCUT2D eigenvalue weighted by atomic mass is 16.1. The van der Waals surface area contributed by atoms with E-state index in [1.165, 1.54) is 0 Å². The molecule has 0 radical (unpaired) electrons. The maximum absolute atomic E-state index is 10.1. The molecule has 58 valence electrons. The molecule has 3 unspecified atom stereocenters. The van der Waals surface area contributed by atoms with Gasteiger partial charge in [0.15, 0.2) is 6.19 Å². The SMILES string of the molecule is N#CN1CC(NC=O)C2CC21. The average Bonchev–Trinajstić information content (AvgIpc) is 2.72. The van der Waals surface area contributed by atoms with Gasteiger partial charge in [-0.25, -0.2) is 0 Å². The summed E-state index contributed by atoms with van der Waals surface area (Å²) in [5.74, 6) is 0.542. The van der Waals surface area contributed by atoms with Crippen LogP contribution in [0.15, 0.2) is 0 Å². The molecule has 2 aliphatic rings. The largest absolute Gasteiger partial charge is 0.354 e. The van der Waals surface area contributed by atoms with Crippen molar-refractivity contribution in [1.82, 2.24) is 10.2 Å². The fourth-order valence-corrected chi connectivity index (χ4v) is 1.85. The second kappa shape index (κ2) is 2.12. The molecule has 0 aromatic carbocycles. The van der Waals surface area contributed by atoms with Crippen LogP contribution in [-0.2, 0) is 4.79 Å². The summed E-state index contributed by atoms with van der Waals surface area (Å²) in [6, 6.07) is 0.648. The van der Waals surface area contributed by atoms with E-state index in [0.29, 0.717) is 18.5 Å². The lowest BCUT2D eigenvalue weighted by atomic mass is 10.2. The minimum Gasteiger partial charge on any atom is -0.354 e. The van der Waals surface area contributed by atoms with E-state index >= 15 is 0 Å². The Morgan fingerprint density at radius 1 is 1.73 bits per heavy atom. The Balaban J connectivity index is 1.98. The summed E-state index contributed by atoms with van der Waals surface area (Å²) >= 11 is 0. The maximum Gasteiger partial charge on any atom is 0.207 e. The number of rotatable bonds is 2. The van der Waals surface area contributed by atoms with Crippen LogP contribution in [0.4, 0.5) is 0 Å². The molecule has 1 amide bonds. The van der Waals surface area contributed by atoms with Crippen molar-refractivity contribution in [1.29, 1.82) is 5.26 Å². The van der Waals surface area contributed by atoms with Gasteiger partial charge in [-0.1, -0.05) is 0 Å². The first-order valence-corrected chi connectivity index (χ1v) is 3.73. The highest BCUT2D eigenvalue weighted by molar-refractivity contribution is 5.47. The van der Waals surface area contributed by atoms with Crippen LogP contribution in [0.1, 0.15) is 6.42 Å². The molecule has 0 bridgehead atoms. The monoisotopic (exact) mass is 151 g/mol. The van der Waals surface area contributed by atoms with Crippen molar-refractivity contribution in [3.8, 4) is 6.19 Å². The van der Waals surface area contributed by atoms with Gasteiger partial charge in [0.25, 0.3) is 0 Å². The van der Waals surface area contributed by atoms with E-state index in [1.54, 1.807) is 4.90 Å². The molecular weight excluding hydrogens is 142 g/mol. The van der Waals surface area contributed by atoms with E-state index < -0.39 is 0 Å². The van der Waals surface area contributed by atoms with Crippen LogP contribution in [0.25, 0.3) is 0 Å². The maximum atomic E-state index is 10.1. The van der Waals surface area contributed by atoms with Gasteiger partial charge in [0, 0.05) is 18.5 Å². The van der Waals surface area contributed by atoms with Crippen LogP contribution in [-0.4, -0.2) is 29.9 Å². The molecule has 1 aliphatic heterocycles. The lowest BCUT2D eigenvalue weighted by Crippen LogP contribution is -2.34. The van der Waals surface area contributed by atoms with Gasteiger partial charge in [-0.2, -0.15) is 5.26 Å². The van der Waals surface area contributed by atoms with Gasteiger partial charge in [0.05, 0.1) is 6.04 Å². The number of nitrogens with zero attached hydrogens (tertiary/aromatic N) is 2. The van der Waals surface area contributed by atoms with E-state index in [1.807, 2.05) is 0 Å². The Morgan fingerprint density at radius 3 is 3.09 bits per heavy atom. The van der Waals surface area contributed by atoms with E-state index in [0.717, 1.165) is 12.8 Å². The molecule has 1 saturated heterocycles. The number of likely N-dealkylation sites (tertiary alicyclic amines) is 1. The molecular formula is C7H9N3O. The van der Waals surface area contributed by atoms with Gasteiger partial charge in [-0.3, -0.25) is 4.79 Å². The molecule has 1 N–H and O–H groups in total. The van der Waals surface area contributed by atoms with Crippen molar-refractivity contribution < 1.29 is 4.79 Å². The highest BCUT2D eigenvalue weighted by Gasteiger charge is 2.53. The van der Waals surface area contributed by atoms with E-state index in [2.05, 4.69) is 11.5 Å². The van der Waals surface area contributed by atoms with Crippen molar-refractivity contribution in [3.63, 3.8) is 0 Å². The van der Waals surface area contributed by atoms with E-state index in [4.69, 9.17) is 5.26 Å². The van der Waals surface area contributed by atoms with Crippen molar-refractivity contribution in [2.75, 3.05) is 6.54 Å². The predicted molar refractivity (Wildman–Crippen MR) is 37.2 cm³/mol. The molecule has 0 aromatic rings. The number of fused-ring (bicyclic) bond motifs is 1. The van der Waals surface area contributed by atoms with Crippen LogP contribution < -0.4 is 5.32 Å². The molecule has 2 rings (SSSR count). The summed E-state index contributed by atoms with van der Waals surface area (Å²) in [6.07, 6.45) is 3.91. The Kier molecular flexibility index (Phi) is 1.25. The zero-order valence-corrected chi connectivity index (χ0v) is 6.03. The fraction of sp³-hybridized carbons (Fsp3) is 0.714. The summed E-state index contributed by atoms with van der Waals surface area (Å²) in [5.41, 5.74) is 0. The number of carbonyl (C=O) groups excluding carboxylic acids is 1. The normalized spacial score (nSPS) is 39.2. The third-order valence-electron chi connectivity index (χ3n) is 2.53. The number of nitrogens with one attached hydrogen (secondary N) is 1.